The van der Waals surface area contributed by atoms with Crippen molar-refractivity contribution in [2.24, 2.45) is 0 Å². The van der Waals surface area contributed by atoms with Crippen LogP contribution in [0.15, 0.2) is 77.7 Å². The topological polar surface area (TPSA) is 96.0 Å². The lowest BCUT2D eigenvalue weighted by molar-refractivity contribution is -0.139. The van der Waals surface area contributed by atoms with Crippen LogP contribution in [0, 0.1) is 6.92 Å². The quantitative estimate of drug-likeness (QED) is 0.337. The smallest absolute Gasteiger partial charge is 0.264 e. The predicted molar refractivity (Wildman–Crippen MR) is 153 cm³/mol. The van der Waals surface area contributed by atoms with E-state index in [1.165, 1.54) is 24.1 Å². The molecule has 0 heterocycles. The number of rotatable bonds is 12. The lowest BCUT2D eigenvalue weighted by Crippen LogP contribution is -2.51. The second-order valence-electron chi connectivity index (χ2n) is 9.14. The number of ether oxygens (including phenoxy) is 1. The van der Waals surface area contributed by atoms with Crippen LogP contribution in [-0.4, -0.2) is 51.4 Å². The first kappa shape index (κ1) is 30.0. The van der Waals surface area contributed by atoms with Crippen LogP contribution < -0.4 is 14.4 Å². The normalized spacial score (nSPS) is 11.9. The second-order valence-corrected chi connectivity index (χ2v) is 11.4. The maximum absolute atomic E-state index is 13.9. The van der Waals surface area contributed by atoms with Crippen LogP contribution in [0.2, 0.25) is 5.02 Å². The predicted octanol–water partition coefficient (Wildman–Crippen LogP) is 4.80. The molecular weight excluding hydrogens is 538 g/mol. The number of anilines is 1. The van der Waals surface area contributed by atoms with Crippen molar-refractivity contribution in [1.82, 2.24) is 10.2 Å². The fourth-order valence-corrected chi connectivity index (χ4v) is 5.42. The minimum atomic E-state index is -4.17. The Hall–Kier alpha value is -3.56. The third-order valence-corrected chi connectivity index (χ3v) is 8.27. The number of nitrogens with zero attached hydrogens (tertiary/aromatic N) is 2. The first-order chi connectivity index (χ1) is 18.6. The summed E-state index contributed by atoms with van der Waals surface area (Å²) in [7, 11) is -2.68. The zero-order valence-corrected chi connectivity index (χ0v) is 24.1. The van der Waals surface area contributed by atoms with Crippen LogP contribution in [0.3, 0.4) is 0 Å². The van der Waals surface area contributed by atoms with Gasteiger partial charge in [-0.3, -0.25) is 13.9 Å². The van der Waals surface area contributed by atoms with Gasteiger partial charge in [0, 0.05) is 18.1 Å². The molecule has 208 valence electrons. The van der Waals surface area contributed by atoms with E-state index in [9.17, 15) is 18.0 Å². The lowest BCUT2D eigenvalue weighted by atomic mass is 10.1. The van der Waals surface area contributed by atoms with Crippen molar-refractivity contribution in [3.05, 3.63) is 88.9 Å². The summed E-state index contributed by atoms with van der Waals surface area (Å²) in [4.78, 5) is 28.2. The van der Waals surface area contributed by atoms with Gasteiger partial charge in [0.2, 0.25) is 11.8 Å². The average molecular weight is 572 g/mol. The van der Waals surface area contributed by atoms with Gasteiger partial charge in [-0.25, -0.2) is 8.42 Å². The van der Waals surface area contributed by atoms with E-state index in [0.29, 0.717) is 17.3 Å². The molecule has 39 heavy (non-hydrogen) atoms. The molecule has 0 bridgehead atoms. The number of hydrogen-bond acceptors (Lipinski definition) is 5. The van der Waals surface area contributed by atoms with Gasteiger partial charge in [0.05, 0.1) is 17.7 Å². The van der Waals surface area contributed by atoms with Crippen LogP contribution in [0.1, 0.15) is 31.4 Å². The monoisotopic (exact) mass is 571 g/mol. The molecule has 3 rings (SSSR count). The Morgan fingerprint density at radius 1 is 0.974 bits per heavy atom. The van der Waals surface area contributed by atoms with Crippen LogP contribution in [0.5, 0.6) is 5.75 Å². The highest BCUT2D eigenvalue weighted by Crippen LogP contribution is 2.27. The Labute approximate surface area is 235 Å². The number of methoxy groups -OCH3 is 1. The van der Waals surface area contributed by atoms with Crippen molar-refractivity contribution in [2.45, 2.75) is 44.7 Å². The third-order valence-electron chi connectivity index (χ3n) is 6.23. The minimum Gasteiger partial charge on any atom is -0.497 e. The van der Waals surface area contributed by atoms with E-state index in [1.807, 2.05) is 38.1 Å². The van der Waals surface area contributed by atoms with Gasteiger partial charge < -0.3 is 15.0 Å². The zero-order valence-electron chi connectivity index (χ0n) is 22.6. The molecule has 0 spiro atoms. The molecule has 0 aliphatic carbocycles. The van der Waals surface area contributed by atoms with Gasteiger partial charge in [-0.2, -0.15) is 0 Å². The molecule has 0 aromatic heterocycles. The standard InChI is InChI=1S/C29H34ClN3O5S/c1-5-18-31-29(35)22(3)32(19-23-8-6-21(2)7-9-23)28(34)20-33(25-12-10-24(30)11-13-25)39(36,37)27-16-14-26(38-4)15-17-27/h6-17,22H,5,18-20H2,1-4H3,(H,31,35)/t22-/m1/s1. The van der Waals surface area contributed by atoms with Crippen LogP contribution in [0.25, 0.3) is 0 Å². The Kier molecular flexibility index (Phi) is 10.4. The molecule has 0 unspecified atom stereocenters. The van der Waals surface area contributed by atoms with Gasteiger partial charge in [-0.05, 0) is 74.4 Å². The molecule has 0 saturated heterocycles. The summed E-state index contributed by atoms with van der Waals surface area (Å²) >= 11 is 6.06. The number of sulfonamides is 1. The summed E-state index contributed by atoms with van der Waals surface area (Å²) in [5, 5.41) is 3.25. The molecule has 0 saturated carbocycles. The van der Waals surface area contributed by atoms with Crippen LogP contribution >= 0.6 is 11.6 Å². The number of nitrogens with one attached hydrogen (secondary N) is 1. The van der Waals surface area contributed by atoms with E-state index in [4.69, 9.17) is 16.3 Å². The molecule has 10 heteroatoms. The first-order valence-electron chi connectivity index (χ1n) is 12.6. The molecule has 1 atom stereocenters. The van der Waals surface area contributed by atoms with Crippen molar-refractivity contribution in [2.75, 3.05) is 24.5 Å². The first-order valence-corrected chi connectivity index (χ1v) is 14.4. The fraction of sp³-hybridized carbons (Fsp3) is 0.310. The van der Waals surface area contributed by atoms with E-state index in [1.54, 1.807) is 43.3 Å². The molecule has 2 amide bonds. The van der Waals surface area contributed by atoms with E-state index < -0.39 is 28.5 Å². The Bertz CT molecular complexity index is 1360. The number of benzene rings is 3. The molecule has 3 aromatic carbocycles. The minimum absolute atomic E-state index is 0.00938. The molecule has 1 N–H and O–H groups in total. The molecule has 0 aliphatic heterocycles. The number of aryl methyl sites for hydroxylation is 1. The van der Waals surface area contributed by atoms with Crippen molar-refractivity contribution in [3.63, 3.8) is 0 Å². The maximum Gasteiger partial charge on any atom is 0.264 e. The average Bonchev–Trinajstić information content (AvgIpc) is 2.94. The van der Waals surface area contributed by atoms with Crippen LogP contribution in [0.4, 0.5) is 5.69 Å². The molecular formula is C29H34ClN3O5S. The van der Waals surface area contributed by atoms with Crippen LogP contribution in [-0.2, 0) is 26.2 Å². The molecule has 0 aliphatic rings. The zero-order chi connectivity index (χ0) is 28.6. The lowest BCUT2D eigenvalue weighted by Gasteiger charge is -2.32. The Morgan fingerprint density at radius 2 is 1.59 bits per heavy atom. The largest absolute Gasteiger partial charge is 0.497 e. The molecule has 0 fully saturated rings. The maximum atomic E-state index is 13.9. The van der Waals surface area contributed by atoms with E-state index >= 15 is 0 Å². The van der Waals surface area contributed by atoms with E-state index in [0.717, 1.165) is 21.9 Å². The molecule has 0 radical (unpaired) electrons. The molecule has 8 nitrogen and oxygen atoms in total. The number of amides is 2. The van der Waals surface area contributed by atoms with E-state index in [-0.39, 0.29) is 23.0 Å². The number of carbonyl (C=O) groups excluding carboxylic acids is 2. The van der Waals surface area contributed by atoms with Gasteiger partial charge in [0.25, 0.3) is 10.0 Å². The summed E-state index contributed by atoms with van der Waals surface area (Å²) in [5.41, 5.74) is 2.15. The van der Waals surface area contributed by atoms with Crippen molar-refractivity contribution >= 4 is 39.1 Å². The van der Waals surface area contributed by atoms with Gasteiger partial charge in [0.1, 0.15) is 18.3 Å². The van der Waals surface area contributed by atoms with E-state index in [2.05, 4.69) is 5.32 Å². The number of hydrogen-bond donors (Lipinski definition) is 1. The van der Waals surface area contributed by atoms with Crippen molar-refractivity contribution in [3.8, 4) is 5.75 Å². The summed E-state index contributed by atoms with van der Waals surface area (Å²) in [6, 6.07) is 18.9. The van der Waals surface area contributed by atoms with Crippen molar-refractivity contribution in [1.29, 1.82) is 0 Å². The highest BCUT2D eigenvalue weighted by atomic mass is 35.5. The van der Waals surface area contributed by atoms with Gasteiger partial charge >= 0.3 is 0 Å². The second kappa shape index (κ2) is 13.5. The Balaban J connectivity index is 2.00. The highest BCUT2D eigenvalue weighted by Gasteiger charge is 2.32. The Morgan fingerprint density at radius 3 is 2.15 bits per heavy atom. The highest BCUT2D eigenvalue weighted by molar-refractivity contribution is 7.92. The summed E-state index contributed by atoms with van der Waals surface area (Å²) in [6.07, 6.45) is 0.745. The van der Waals surface area contributed by atoms with Crippen molar-refractivity contribution < 1.29 is 22.7 Å². The van der Waals surface area contributed by atoms with Gasteiger partial charge in [-0.1, -0.05) is 48.4 Å². The molecule has 3 aromatic rings. The number of halogens is 1. The summed E-state index contributed by atoms with van der Waals surface area (Å²) in [5.74, 6) is -0.339. The number of carbonyl (C=O) groups is 2. The third kappa shape index (κ3) is 7.74. The van der Waals surface area contributed by atoms with Gasteiger partial charge in [-0.15, -0.1) is 0 Å². The van der Waals surface area contributed by atoms with Gasteiger partial charge in [0.15, 0.2) is 0 Å². The summed E-state index contributed by atoms with van der Waals surface area (Å²) in [6.45, 7) is 5.63. The SMILES string of the molecule is CCCNC(=O)[C@@H](C)N(Cc1ccc(C)cc1)C(=O)CN(c1ccc(Cl)cc1)S(=O)(=O)c1ccc(OC)cc1. The fourth-order valence-electron chi connectivity index (χ4n) is 3.88. The summed E-state index contributed by atoms with van der Waals surface area (Å²) < 4.78 is 33.8.